The van der Waals surface area contributed by atoms with Crippen molar-refractivity contribution in [2.24, 2.45) is 0 Å². The number of aromatic nitrogens is 3. The quantitative estimate of drug-likeness (QED) is 0.452. The Balaban J connectivity index is 1.37. The lowest BCUT2D eigenvalue weighted by molar-refractivity contribution is 0.0951. The Hall–Kier alpha value is -3.98. The lowest BCUT2D eigenvalue weighted by Gasteiger charge is -2.10. The Labute approximate surface area is 186 Å². The van der Waals surface area contributed by atoms with Crippen LogP contribution in [0.2, 0.25) is 0 Å². The second-order valence-electron chi connectivity index (χ2n) is 7.17. The summed E-state index contributed by atoms with van der Waals surface area (Å²) in [4.78, 5) is 20.9. The van der Waals surface area contributed by atoms with Gasteiger partial charge in [0.1, 0.15) is 12.1 Å². The molecule has 2 heterocycles. The first-order valence-electron chi connectivity index (χ1n) is 9.82. The summed E-state index contributed by atoms with van der Waals surface area (Å²) in [7, 11) is -3.74. The van der Waals surface area contributed by atoms with E-state index in [9.17, 15) is 13.2 Å². The average molecular weight is 448 g/mol. The molecule has 162 valence electrons. The van der Waals surface area contributed by atoms with Gasteiger partial charge in [0.05, 0.1) is 4.90 Å². The van der Waals surface area contributed by atoms with Crippen molar-refractivity contribution in [3.63, 3.8) is 0 Å². The minimum atomic E-state index is -3.74. The van der Waals surface area contributed by atoms with Gasteiger partial charge in [0.2, 0.25) is 0 Å². The van der Waals surface area contributed by atoms with Crippen LogP contribution in [0.15, 0.2) is 90.5 Å². The normalized spacial score (nSPS) is 11.2. The molecule has 32 heavy (non-hydrogen) atoms. The number of hydrogen-bond donors (Lipinski definition) is 2. The van der Waals surface area contributed by atoms with Crippen molar-refractivity contribution in [1.82, 2.24) is 19.9 Å². The summed E-state index contributed by atoms with van der Waals surface area (Å²) >= 11 is 0. The molecule has 0 radical (unpaired) electrons. The third kappa shape index (κ3) is 5.01. The number of hydrogen-bond acceptors (Lipinski definition) is 5. The van der Waals surface area contributed by atoms with E-state index in [1.165, 1.54) is 24.3 Å². The third-order valence-electron chi connectivity index (χ3n) is 4.76. The Kier molecular flexibility index (Phi) is 6.00. The van der Waals surface area contributed by atoms with Crippen LogP contribution in [0, 0.1) is 6.92 Å². The number of nitrogens with one attached hydrogen (secondary N) is 2. The number of imidazole rings is 1. The number of sulfonamides is 1. The Morgan fingerprint density at radius 2 is 1.75 bits per heavy atom. The molecule has 4 rings (SSSR count). The van der Waals surface area contributed by atoms with Crippen LogP contribution in [0.1, 0.15) is 21.5 Å². The number of aryl methyl sites for hydroxylation is 1. The number of carbonyl (C=O) groups excluding carboxylic acids is 1. The van der Waals surface area contributed by atoms with Crippen molar-refractivity contribution in [2.75, 3.05) is 4.72 Å². The molecular weight excluding hydrogens is 426 g/mol. The zero-order valence-corrected chi connectivity index (χ0v) is 18.1. The van der Waals surface area contributed by atoms with Gasteiger partial charge in [-0.05, 0) is 55.0 Å². The molecule has 2 aromatic heterocycles. The standard InChI is InChI=1S/C23H21N5O3S/c1-17-2-7-20(8-3-17)27-32(30,31)21-9-5-19(6-10-21)23(29)26-15-18-4-11-22(25-14-18)28-13-12-24-16-28/h2-14,16,27H,15H2,1H3,(H,26,29). The van der Waals surface area contributed by atoms with Crippen LogP contribution in [0.3, 0.4) is 0 Å². The second kappa shape index (κ2) is 9.03. The highest BCUT2D eigenvalue weighted by Gasteiger charge is 2.15. The SMILES string of the molecule is Cc1ccc(NS(=O)(=O)c2ccc(C(=O)NCc3ccc(-n4ccnc4)nc3)cc2)cc1. The van der Waals surface area contributed by atoms with Crippen molar-refractivity contribution in [1.29, 1.82) is 0 Å². The molecule has 0 aliphatic rings. The van der Waals surface area contributed by atoms with Crippen molar-refractivity contribution in [3.8, 4) is 5.82 Å². The first-order chi connectivity index (χ1) is 15.4. The van der Waals surface area contributed by atoms with E-state index in [1.54, 1.807) is 41.6 Å². The number of benzene rings is 2. The van der Waals surface area contributed by atoms with Crippen molar-refractivity contribution in [3.05, 3.63) is 102 Å². The molecule has 0 bridgehead atoms. The van der Waals surface area contributed by atoms with Gasteiger partial charge in [0.15, 0.2) is 0 Å². The van der Waals surface area contributed by atoms with Crippen molar-refractivity contribution in [2.45, 2.75) is 18.4 Å². The average Bonchev–Trinajstić information content (AvgIpc) is 3.34. The van der Waals surface area contributed by atoms with Crippen LogP contribution in [-0.4, -0.2) is 28.9 Å². The zero-order valence-electron chi connectivity index (χ0n) is 17.3. The van der Waals surface area contributed by atoms with Gasteiger partial charge >= 0.3 is 0 Å². The summed E-state index contributed by atoms with van der Waals surface area (Å²) in [5.41, 5.74) is 2.71. The zero-order chi connectivity index (χ0) is 22.6. The number of pyridine rings is 1. The fourth-order valence-electron chi connectivity index (χ4n) is 2.97. The van der Waals surface area contributed by atoms with E-state index < -0.39 is 10.0 Å². The number of rotatable bonds is 7. The fraction of sp³-hybridized carbons (Fsp3) is 0.0870. The second-order valence-corrected chi connectivity index (χ2v) is 8.86. The molecule has 9 heteroatoms. The minimum Gasteiger partial charge on any atom is -0.348 e. The molecule has 2 N–H and O–H groups in total. The van der Waals surface area contributed by atoms with E-state index in [-0.39, 0.29) is 10.8 Å². The van der Waals surface area contributed by atoms with Crippen LogP contribution >= 0.6 is 0 Å². The monoisotopic (exact) mass is 447 g/mol. The Morgan fingerprint density at radius 3 is 2.38 bits per heavy atom. The first kappa shape index (κ1) is 21.3. The van der Waals surface area contributed by atoms with Gasteiger partial charge in [-0.1, -0.05) is 23.8 Å². The first-order valence-corrected chi connectivity index (χ1v) is 11.3. The summed E-state index contributed by atoms with van der Waals surface area (Å²) in [5, 5.41) is 2.81. The van der Waals surface area contributed by atoms with Crippen LogP contribution in [-0.2, 0) is 16.6 Å². The van der Waals surface area contributed by atoms with E-state index in [2.05, 4.69) is 20.0 Å². The molecule has 0 unspecified atom stereocenters. The minimum absolute atomic E-state index is 0.0777. The van der Waals surface area contributed by atoms with Crippen molar-refractivity contribution >= 4 is 21.6 Å². The van der Waals surface area contributed by atoms with Gasteiger partial charge in [-0.2, -0.15) is 0 Å². The molecule has 0 aliphatic heterocycles. The van der Waals surface area contributed by atoms with Gasteiger partial charge in [-0.15, -0.1) is 0 Å². The lowest BCUT2D eigenvalue weighted by atomic mass is 10.2. The van der Waals surface area contributed by atoms with Crippen molar-refractivity contribution < 1.29 is 13.2 Å². The summed E-state index contributed by atoms with van der Waals surface area (Å²) < 4.78 is 29.4. The fourth-order valence-corrected chi connectivity index (χ4v) is 4.03. The largest absolute Gasteiger partial charge is 0.348 e. The lowest BCUT2D eigenvalue weighted by Crippen LogP contribution is -2.23. The summed E-state index contributed by atoms with van der Waals surface area (Å²) in [6, 6.07) is 16.5. The maximum absolute atomic E-state index is 12.6. The number of anilines is 1. The van der Waals surface area contributed by atoms with Gasteiger partial charge in [-0.25, -0.2) is 18.4 Å². The van der Waals surface area contributed by atoms with Crippen LogP contribution < -0.4 is 10.0 Å². The van der Waals surface area contributed by atoms with Gasteiger partial charge in [0, 0.05) is 36.4 Å². The summed E-state index contributed by atoms with van der Waals surface area (Å²) in [5.74, 6) is 0.424. The van der Waals surface area contributed by atoms with E-state index >= 15 is 0 Å². The number of nitrogens with zero attached hydrogens (tertiary/aromatic N) is 3. The summed E-state index contributed by atoms with van der Waals surface area (Å²) in [6.07, 6.45) is 6.81. The maximum Gasteiger partial charge on any atom is 0.261 e. The molecule has 1 amide bonds. The van der Waals surface area contributed by atoms with Crippen LogP contribution in [0.25, 0.3) is 5.82 Å². The molecule has 0 aliphatic carbocycles. The molecular formula is C23H21N5O3S. The highest BCUT2D eigenvalue weighted by atomic mass is 32.2. The van der Waals surface area contributed by atoms with E-state index in [4.69, 9.17) is 0 Å². The molecule has 8 nitrogen and oxygen atoms in total. The van der Waals surface area contributed by atoms with Gasteiger partial charge < -0.3 is 5.32 Å². The Morgan fingerprint density at radius 1 is 1.00 bits per heavy atom. The number of amides is 1. The van der Waals surface area contributed by atoms with Gasteiger partial charge in [0.25, 0.3) is 15.9 Å². The van der Waals surface area contributed by atoms with Gasteiger partial charge in [-0.3, -0.25) is 14.1 Å². The van der Waals surface area contributed by atoms with Crippen LogP contribution in [0.5, 0.6) is 0 Å². The molecule has 0 saturated heterocycles. The van der Waals surface area contributed by atoms with Crippen LogP contribution in [0.4, 0.5) is 5.69 Å². The highest BCUT2D eigenvalue weighted by Crippen LogP contribution is 2.17. The number of carbonyl (C=O) groups is 1. The predicted octanol–water partition coefficient (Wildman–Crippen LogP) is 3.31. The maximum atomic E-state index is 12.6. The predicted molar refractivity (Wildman–Crippen MR) is 121 cm³/mol. The van der Waals surface area contributed by atoms with E-state index in [0.29, 0.717) is 17.8 Å². The topological polar surface area (TPSA) is 106 Å². The molecule has 0 saturated carbocycles. The smallest absolute Gasteiger partial charge is 0.261 e. The highest BCUT2D eigenvalue weighted by molar-refractivity contribution is 7.92. The Bertz CT molecular complexity index is 1300. The molecule has 4 aromatic rings. The summed E-state index contributed by atoms with van der Waals surface area (Å²) in [6.45, 7) is 2.22. The molecule has 2 aromatic carbocycles. The van der Waals surface area contributed by atoms with E-state index in [0.717, 1.165) is 16.9 Å². The van der Waals surface area contributed by atoms with E-state index in [1.807, 2.05) is 31.2 Å². The third-order valence-corrected chi connectivity index (χ3v) is 6.16. The molecule has 0 fully saturated rings. The molecule has 0 spiro atoms. The molecule has 0 atom stereocenters.